The molecule has 0 spiro atoms. The molecule has 4 heteroatoms. The van der Waals surface area contributed by atoms with Crippen molar-refractivity contribution in [1.82, 2.24) is 9.78 Å². The number of hydrogen-bond donors (Lipinski definition) is 2. The molecule has 0 aliphatic heterocycles. The molecule has 0 radical (unpaired) electrons. The van der Waals surface area contributed by atoms with Crippen LogP contribution < -0.4 is 0 Å². The van der Waals surface area contributed by atoms with Gasteiger partial charge in [-0.3, -0.25) is 4.68 Å². The molecule has 0 saturated carbocycles. The van der Waals surface area contributed by atoms with E-state index >= 15 is 0 Å². The van der Waals surface area contributed by atoms with Gasteiger partial charge in [-0.05, 0) is 25.3 Å². The third kappa shape index (κ3) is 3.82. The molecule has 1 aromatic heterocycles. The minimum atomic E-state index is -0.773. The fraction of sp³-hybridized carbons (Fsp3) is 0.769. The van der Waals surface area contributed by atoms with Gasteiger partial charge in [-0.2, -0.15) is 5.10 Å². The molecule has 17 heavy (non-hydrogen) atoms. The van der Waals surface area contributed by atoms with Crippen LogP contribution >= 0.6 is 0 Å². The van der Waals surface area contributed by atoms with Crippen molar-refractivity contribution < 1.29 is 10.2 Å². The summed E-state index contributed by atoms with van der Waals surface area (Å²) in [5, 5.41) is 24.3. The summed E-state index contributed by atoms with van der Waals surface area (Å²) in [7, 11) is 0. The quantitative estimate of drug-likeness (QED) is 0.843. The first-order valence-electron chi connectivity index (χ1n) is 6.12. The average Bonchev–Trinajstić information content (AvgIpc) is 2.63. The molecule has 0 aliphatic rings. The molecule has 1 heterocycles. The van der Waals surface area contributed by atoms with Crippen molar-refractivity contribution in [2.45, 2.75) is 59.3 Å². The maximum absolute atomic E-state index is 9.96. The number of aromatic nitrogens is 2. The molecule has 2 unspecified atom stereocenters. The molecular formula is C13H24N2O2. The molecule has 0 bridgehead atoms. The highest BCUT2D eigenvalue weighted by Crippen LogP contribution is 2.23. The molecule has 0 amide bonds. The summed E-state index contributed by atoms with van der Waals surface area (Å²) in [6.45, 7) is 9.84. The summed E-state index contributed by atoms with van der Waals surface area (Å²) >= 11 is 0. The van der Waals surface area contributed by atoms with E-state index in [2.05, 4.69) is 18.9 Å². The number of aliphatic hydroxyl groups excluding tert-OH is 2. The SMILES string of the molecule is CC(C)n1ccc(CC(O)C(O)C(C)(C)C)n1. The number of rotatable bonds is 4. The zero-order chi connectivity index (χ0) is 13.2. The summed E-state index contributed by atoms with van der Waals surface area (Å²) in [5.74, 6) is 0. The Morgan fingerprint density at radius 1 is 1.29 bits per heavy atom. The zero-order valence-electron chi connectivity index (χ0n) is 11.4. The Balaban J connectivity index is 2.64. The van der Waals surface area contributed by atoms with Gasteiger partial charge >= 0.3 is 0 Å². The van der Waals surface area contributed by atoms with Gasteiger partial charge in [0.15, 0.2) is 0 Å². The topological polar surface area (TPSA) is 58.3 Å². The molecule has 0 aliphatic carbocycles. The van der Waals surface area contributed by atoms with Crippen molar-refractivity contribution in [2.24, 2.45) is 5.41 Å². The summed E-state index contributed by atoms with van der Waals surface area (Å²) in [5.41, 5.74) is 0.495. The average molecular weight is 240 g/mol. The van der Waals surface area contributed by atoms with Gasteiger partial charge in [0.25, 0.3) is 0 Å². The van der Waals surface area contributed by atoms with Crippen LogP contribution in [0.3, 0.4) is 0 Å². The Morgan fingerprint density at radius 3 is 2.29 bits per heavy atom. The summed E-state index contributed by atoms with van der Waals surface area (Å²) < 4.78 is 1.85. The lowest BCUT2D eigenvalue weighted by Gasteiger charge is -2.29. The van der Waals surface area contributed by atoms with Crippen LogP contribution in [0.15, 0.2) is 12.3 Å². The predicted molar refractivity (Wildman–Crippen MR) is 67.8 cm³/mol. The molecule has 2 N–H and O–H groups in total. The van der Waals surface area contributed by atoms with E-state index in [0.717, 1.165) is 5.69 Å². The van der Waals surface area contributed by atoms with Crippen molar-refractivity contribution in [3.63, 3.8) is 0 Å². The normalized spacial score (nSPS) is 16.2. The predicted octanol–water partition coefficient (Wildman–Crippen LogP) is 1.77. The first-order valence-corrected chi connectivity index (χ1v) is 6.12. The van der Waals surface area contributed by atoms with E-state index in [1.54, 1.807) is 0 Å². The second-order valence-electron chi connectivity index (χ2n) is 5.96. The molecule has 0 aromatic carbocycles. The van der Waals surface area contributed by atoms with Gasteiger partial charge < -0.3 is 10.2 Å². The highest BCUT2D eigenvalue weighted by molar-refractivity contribution is 5.02. The zero-order valence-corrected chi connectivity index (χ0v) is 11.4. The summed E-state index contributed by atoms with van der Waals surface area (Å²) in [4.78, 5) is 0. The first-order chi connectivity index (χ1) is 7.71. The standard InChI is InChI=1S/C13H24N2O2/c1-9(2)15-7-6-10(14-15)8-11(16)12(17)13(3,4)5/h6-7,9,11-12,16-17H,8H2,1-5H3. The van der Waals surface area contributed by atoms with Gasteiger partial charge in [-0.25, -0.2) is 0 Å². The van der Waals surface area contributed by atoms with Crippen LogP contribution in [0.5, 0.6) is 0 Å². The third-order valence-electron chi connectivity index (χ3n) is 2.86. The third-order valence-corrected chi connectivity index (χ3v) is 2.86. The molecule has 2 atom stereocenters. The Bertz CT molecular complexity index is 353. The molecule has 0 saturated heterocycles. The van der Waals surface area contributed by atoms with E-state index in [1.807, 2.05) is 37.7 Å². The second kappa shape index (κ2) is 5.19. The van der Waals surface area contributed by atoms with Gasteiger partial charge in [0.2, 0.25) is 0 Å². The van der Waals surface area contributed by atoms with Crippen molar-refractivity contribution in [1.29, 1.82) is 0 Å². The Hall–Kier alpha value is -0.870. The van der Waals surface area contributed by atoms with Crippen molar-refractivity contribution in [3.8, 4) is 0 Å². The minimum Gasteiger partial charge on any atom is -0.390 e. The second-order valence-corrected chi connectivity index (χ2v) is 5.96. The van der Waals surface area contributed by atoms with Crippen molar-refractivity contribution in [3.05, 3.63) is 18.0 Å². The lowest BCUT2D eigenvalue weighted by Crippen LogP contribution is -2.39. The monoisotopic (exact) mass is 240 g/mol. The van der Waals surface area contributed by atoms with E-state index in [-0.39, 0.29) is 5.41 Å². The molecule has 0 fully saturated rings. The Kier molecular flexibility index (Phi) is 4.33. The van der Waals surface area contributed by atoms with Crippen LogP contribution in [0.2, 0.25) is 0 Å². The molecule has 4 nitrogen and oxygen atoms in total. The lowest BCUT2D eigenvalue weighted by atomic mass is 9.84. The largest absolute Gasteiger partial charge is 0.390 e. The summed E-state index contributed by atoms with van der Waals surface area (Å²) in [6, 6.07) is 2.20. The van der Waals surface area contributed by atoms with Crippen molar-refractivity contribution >= 4 is 0 Å². The van der Waals surface area contributed by atoms with Crippen LogP contribution in [-0.2, 0) is 6.42 Å². The van der Waals surface area contributed by atoms with Gasteiger partial charge in [0.1, 0.15) is 0 Å². The van der Waals surface area contributed by atoms with Crippen LogP contribution in [0, 0.1) is 5.41 Å². The van der Waals surface area contributed by atoms with E-state index < -0.39 is 12.2 Å². The molecular weight excluding hydrogens is 216 g/mol. The van der Waals surface area contributed by atoms with Gasteiger partial charge in [-0.15, -0.1) is 0 Å². The maximum atomic E-state index is 9.96. The number of nitrogens with zero attached hydrogens (tertiary/aromatic N) is 2. The first kappa shape index (κ1) is 14.2. The van der Waals surface area contributed by atoms with Gasteiger partial charge in [0, 0.05) is 18.7 Å². The van der Waals surface area contributed by atoms with Crippen LogP contribution in [0.4, 0.5) is 0 Å². The van der Waals surface area contributed by atoms with E-state index in [9.17, 15) is 10.2 Å². The van der Waals surface area contributed by atoms with Crippen LogP contribution in [0.25, 0.3) is 0 Å². The molecule has 98 valence electrons. The molecule has 1 rings (SSSR count). The fourth-order valence-electron chi connectivity index (χ4n) is 1.68. The van der Waals surface area contributed by atoms with Crippen LogP contribution in [-0.4, -0.2) is 32.2 Å². The maximum Gasteiger partial charge on any atom is 0.0860 e. The van der Waals surface area contributed by atoms with E-state index in [1.165, 1.54) is 0 Å². The van der Waals surface area contributed by atoms with Gasteiger partial charge in [0.05, 0.1) is 17.9 Å². The fourth-order valence-corrected chi connectivity index (χ4v) is 1.68. The number of hydrogen-bond acceptors (Lipinski definition) is 3. The van der Waals surface area contributed by atoms with Crippen molar-refractivity contribution in [2.75, 3.05) is 0 Å². The lowest BCUT2D eigenvalue weighted by molar-refractivity contribution is -0.0438. The Morgan fingerprint density at radius 2 is 1.88 bits per heavy atom. The van der Waals surface area contributed by atoms with E-state index in [4.69, 9.17) is 0 Å². The summed E-state index contributed by atoms with van der Waals surface area (Å²) in [6.07, 6.45) is 0.770. The number of aliphatic hydroxyl groups is 2. The van der Waals surface area contributed by atoms with E-state index in [0.29, 0.717) is 12.5 Å². The highest BCUT2D eigenvalue weighted by atomic mass is 16.3. The van der Waals surface area contributed by atoms with Gasteiger partial charge in [-0.1, -0.05) is 20.8 Å². The minimum absolute atomic E-state index is 0.313. The Labute approximate surface area is 103 Å². The highest BCUT2D eigenvalue weighted by Gasteiger charge is 2.29. The smallest absolute Gasteiger partial charge is 0.0860 e. The van der Waals surface area contributed by atoms with Crippen LogP contribution in [0.1, 0.15) is 46.4 Å². The molecule has 1 aromatic rings.